The maximum atomic E-state index is 12.9. The lowest BCUT2D eigenvalue weighted by Crippen LogP contribution is -2.32. The summed E-state index contributed by atoms with van der Waals surface area (Å²) in [7, 11) is 1.54. The zero-order valence-electron chi connectivity index (χ0n) is 19.8. The molecule has 4 rings (SSSR count). The fraction of sp³-hybridized carbons (Fsp3) is 0.148. The van der Waals surface area contributed by atoms with Gasteiger partial charge in [-0.2, -0.15) is 0 Å². The number of amides is 3. The number of benzene rings is 3. The van der Waals surface area contributed by atoms with Gasteiger partial charge in [-0.1, -0.05) is 54.1 Å². The molecule has 1 N–H and O–H groups in total. The van der Waals surface area contributed by atoms with Crippen molar-refractivity contribution >= 4 is 52.2 Å². The largest absolute Gasteiger partial charge is 0.493 e. The fourth-order valence-corrected chi connectivity index (χ4v) is 4.48. The van der Waals surface area contributed by atoms with E-state index in [0.717, 1.165) is 16.7 Å². The minimum atomic E-state index is -0.426. The molecule has 1 saturated heterocycles. The summed E-state index contributed by atoms with van der Waals surface area (Å²) < 4.78 is 16.6. The third-order valence-electron chi connectivity index (χ3n) is 5.23. The summed E-state index contributed by atoms with van der Waals surface area (Å²) in [6, 6.07) is 21.0. The molecular formula is C27H23ClN2O6S. The third-order valence-corrected chi connectivity index (χ3v) is 6.46. The van der Waals surface area contributed by atoms with Crippen LogP contribution in [0.25, 0.3) is 6.08 Å². The average molecular weight is 539 g/mol. The molecule has 3 aromatic carbocycles. The number of rotatable bonds is 10. The predicted molar refractivity (Wildman–Crippen MR) is 143 cm³/mol. The van der Waals surface area contributed by atoms with E-state index in [1.54, 1.807) is 72.8 Å². The number of carbonyl (C=O) groups is 3. The molecule has 1 heterocycles. The third kappa shape index (κ3) is 6.63. The molecule has 0 aromatic heterocycles. The number of halogens is 1. The molecule has 3 aromatic rings. The maximum absolute atomic E-state index is 12.9. The SMILES string of the molecule is COc1ccccc1OCCN1C(=O)S/C(=C\c2ccccc2OCC(=O)Nc2ccccc2Cl)C1=O. The first kappa shape index (κ1) is 26.1. The molecule has 190 valence electrons. The van der Waals surface area contributed by atoms with E-state index in [9.17, 15) is 14.4 Å². The Hall–Kier alpha value is -3.95. The number of thioether (sulfide) groups is 1. The van der Waals surface area contributed by atoms with Gasteiger partial charge < -0.3 is 19.5 Å². The van der Waals surface area contributed by atoms with Gasteiger partial charge in [0, 0.05) is 5.56 Å². The van der Waals surface area contributed by atoms with Crippen LogP contribution in [0.15, 0.2) is 77.7 Å². The van der Waals surface area contributed by atoms with Crippen LogP contribution in [0.3, 0.4) is 0 Å². The summed E-state index contributed by atoms with van der Waals surface area (Å²) in [6.45, 7) is -0.0653. The Balaban J connectivity index is 1.38. The van der Waals surface area contributed by atoms with Crippen LogP contribution in [0.2, 0.25) is 5.02 Å². The quantitative estimate of drug-likeness (QED) is 0.341. The Morgan fingerprint density at radius 2 is 1.62 bits per heavy atom. The zero-order valence-corrected chi connectivity index (χ0v) is 21.4. The van der Waals surface area contributed by atoms with Gasteiger partial charge >= 0.3 is 0 Å². The number of carbonyl (C=O) groups excluding carboxylic acids is 3. The van der Waals surface area contributed by atoms with Gasteiger partial charge in [0.25, 0.3) is 17.1 Å². The molecule has 37 heavy (non-hydrogen) atoms. The standard InChI is InChI=1S/C27H23ClN2O6S/c1-34-22-12-6-7-13-23(22)35-15-14-30-26(32)24(37-27(30)33)16-18-8-2-5-11-21(18)36-17-25(31)29-20-10-4-3-9-19(20)28/h2-13,16H,14-15,17H2,1H3,(H,29,31)/b24-16-. The molecule has 0 unspecified atom stereocenters. The first-order valence-corrected chi connectivity index (χ1v) is 12.4. The minimum Gasteiger partial charge on any atom is -0.493 e. The molecule has 1 fully saturated rings. The molecule has 3 amide bonds. The van der Waals surface area contributed by atoms with E-state index in [1.165, 1.54) is 7.11 Å². The van der Waals surface area contributed by atoms with Crippen molar-refractivity contribution in [2.45, 2.75) is 0 Å². The summed E-state index contributed by atoms with van der Waals surface area (Å²) in [5.74, 6) is 0.664. The first-order valence-electron chi connectivity index (χ1n) is 11.2. The van der Waals surface area contributed by atoms with E-state index in [0.29, 0.717) is 33.5 Å². The van der Waals surface area contributed by atoms with Gasteiger partial charge in [-0.25, -0.2) is 0 Å². The normalized spacial score (nSPS) is 14.1. The molecule has 1 aliphatic heterocycles. The predicted octanol–water partition coefficient (Wildman–Crippen LogP) is 5.48. The van der Waals surface area contributed by atoms with Gasteiger partial charge in [-0.15, -0.1) is 0 Å². The van der Waals surface area contributed by atoms with Crippen LogP contribution in [-0.2, 0) is 9.59 Å². The highest BCUT2D eigenvalue weighted by Gasteiger charge is 2.35. The molecular weight excluding hydrogens is 516 g/mol. The van der Waals surface area contributed by atoms with Crippen LogP contribution >= 0.6 is 23.4 Å². The smallest absolute Gasteiger partial charge is 0.293 e. The van der Waals surface area contributed by atoms with Crippen LogP contribution in [0, 0.1) is 0 Å². The van der Waals surface area contributed by atoms with Crippen molar-refractivity contribution in [1.29, 1.82) is 0 Å². The molecule has 0 aliphatic carbocycles. The summed E-state index contributed by atoms with van der Waals surface area (Å²) in [6.07, 6.45) is 1.58. The van der Waals surface area contributed by atoms with Gasteiger partial charge in [-0.05, 0) is 48.2 Å². The number of para-hydroxylation sites is 4. The van der Waals surface area contributed by atoms with Crippen LogP contribution in [0.5, 0.6) is 17.2 Å². The summed E-state index contributed by atoms with van der Waals surface area (Å²) in [4.78, 5) is 39.1. The number of nitrogens with one attached hydrogen (secondary N) is 1. The number of anilines is 1. The second-order valence-corrected chi connectivity index (χ2v) is 9.09. The van der Waals surface area contributed by atoms with Crippen LogP contribution in [0.4, 0.5) is 10.5 Å². The van der Waals surface area contributed by atoms with E-state index in [2.05, 4.69) is 5.32 Å². The number of methoxy groups -OCH3 is 1. The van der Waals surface area contributed by atoms with E-state index in [1.807, 2.05) is 6.07 Å². The van der Waals surface area contributed by atoms with Crippen molar-refractivity contribution in [3.63, 3.8) is 0 Å². The molecule has 0 bridgehead atoms. The summed E-state index contributed by atoms with van der Waals surface area (Å²) in [5.41, 5.74) is 1.04. The topological polar surface area (TPSA) is 94.2 Å². The van der Waals surface area contributed by atoms with Gasteiger partial charge in [-0.3, -0.25) is 19.3 Å². The fourth-order valence-electron chi connectivity index (χ4n) is 3.44. The number of nitrogens with zero attached hydrogens (tertiary/aromatic N) is 1. The molecule has 0 spiro atoms. The number of hydrogen-bond acceptors (Lipinski definition) is 7. The van der Waals surface area contributed by atoms with Crippen molar-refractivity contribution in [2.75, 3.05) is 32.2 Å². The van der Waals surface area contributed by atoms with Crippen LogP contribution < -0.4 is 19.5 Å². The van der Waals surface area contributed by atoms with Gasteiger partial charge in [0.2, 0.25) is 0 Å². The van der Waals surface area contributed by atoms with Gasteiger partial charge in [0.15, 0.2) is 18.1 Å². The average Bonchev–Trinajstić information content (AvgIpc) is 3.17. The van der Waals surface area contributed by atoms with Crippen LogP contribution in [-0.4, -0.2) is 48.8 Å². The number of imide groups is 1. The van der Waals surface area contributed by atoms with E-state index in [4.69, 9.17) is 25.8 Å². The Morgan fingerprint density at radius 3 is 2.38 bits per heavy atom. The lowest BCUT2D eigenvalue weighted by atomic mass is 10.2. The van der Waals surface area contributed by atoms with Gasteiger partial charge in [0.1, 0.15) is 12.4 Å². The maximum Gasteiger partial charge on any atom is 0.293 e. The molecule has 0 atom stereocenters. The van der Waals surface area contributed by atoms with Gasteiger partial charge in [0.05, 0.1) is 29.3 Å². The Bertz CT molecular complexity index is 1350. The molecule has 8 nitrogen and oxygen atoms in total. The zero-order chi connectivity index (χ0) is 26.2. The van der Waals surface area contributed by atoms with Crippen molar-refractivity contribution in [3.05, 3.63) is 88.3 Å². The Labute approximate surface area is 223 Å². The van der Waals surface area contributed by atoms with E-state index < -0.39 is 17.1 Å². The lowest BCUT2D eigenvalue weighted by Gasteiger charge is -2.14. The van der Waals surface area contributed by atoms with Crippen molar-refractivity contribution in [1.82, 2.24) is 4.90 Å². The number of hydrogen-bond donors (Lipinski definition) is 1. The highest BCUT2D eigenvalue weighted by Crippen LogP contribution is 2.34. The minimum absolute atomic E-state index is 0.0837. The lowest BCUT2D eigenvalue weighted by molar-refractivity contribution is -0.123. The molecule has 0 saturated carbocycles. The van der Waals surface area contributed by atoms with Crippen molar-refractivity contribution in [3.8, 4) is 17.2 Å². The molecule has 0 radical (unpaired) electrons. The second kappa shape index (κ2) is 12.3. The highest BCUT2D eigenvalue weighted by molar-refractivity contribution is 8.18. The Morgan fingerprint density at radius 1 is 0.946 bits per heavy atom. The summed E-state index contributed by atoms with van der Waals surface area (Å²) >= 11 is 6.91. The highest BCUT2D eigenvalue weighted by atomic mass is 35.5. The Kier molecular flexibility index (Phi) is 8.71. The van der Waals surface area contributed by atoms with E-state index >= 15 is 0 Å². The molecule has 10 heteroatoms. The first-order chi connectivity index (χ1) is 18.0. The monoisotopic (exact) mass is 538 g/mol. The van der Waals surface area contributed by atoms with E-state index in [-0.39, 0.29) is 24.7 Å². The van der Waals surface area contributed by atoms with Crippen LogP contribution in [0.1, 0.15) is 5.56 Å². The second-order valence-electron chi connectivity index (χ2n) is 7.69. The van der Waals surface area contributed by atoms with Crippen molar-refractivity contribution < 1.29 is 28.6 Å². The molecule has 1 aliphatic rings. The summed E-state index contributed by atoms with van der Waals surface area (Å²) in [5, 5.41) is 2.72. The number of ether oxygens (including phenoxy) is 3. The van der Waals surface area contributed by atoms with Crippen molar-refractivity contribution in [2.24, 2.45) is 0 Å².